The molecular weight excluding hydrogens is 568 g/mol. The Morgan fingerprint density at radius 3 is 2.53 bits per heavy atom. The summed E-state index contributed by atoms with van der Waals surface area (Å²) in [6, 6.07) is 5.71. The predicted molar refractivity (Wildman–Crippen MR) is 169 cm³/mol. The molecule has 2 spiro atoms. The summed E-state index contributed by atoms with van der Waals surface area (Å²) in [5.41, 5.74) is 0.644. The fourth-order valence-corrected chi connectivity index (χ4v) is 12.4. The molecule has 45 heavy (non-hydrogen) atoms. The molecule has 1 aliphatic heterocycles. The molecular formula is C37H54N2O6. The molecule has 248 valence electrons. The van der Waals surface area contributed by atoms with E-state index in [4.69, 9.17) is 14.2 Å². The molecule has 7 rings (SSSR count). The first kappa shape index (κ1) is 31.4. The number of hydrogen-bond donors (Lipinski definition) is 2. The number of carbonyl (C=O) groups is 2. The minimum Gasteiger partial charge on any atom is -0.457 e. The van der Waals surface area contributed by atoms with Crippen LogP contribution >= 0.6 is 0 Å². The Morgan fingerprint density at radius 1 is 1.04 bits per heavy atom. The highest BCUT2D eigenvalue weighted by Crippen LogP contribution is 2.87. The highest BCUT2D eigenvalue weighted by Gasteiger charge is 2.81. The van der Waals surface area contributed by atoms with Gasteiger partial charge < -0.3 is 24.6 Å². The second-order valence-corrected chi connectivity index (χ2v) is 17.1. The van der Waals surface area contributed by atoms with Crippen LogP contribution in [0.3, 0.4) is 0 Å². The minimum absolute atomic E-state index is 0.0708. The smallest absolute Gasteiger partial charge is 0.407 e. The van der Waals surface area contributed by atoms with Crippen LogP contribution in [0, 0.1) is 45.3 Å². The average Bonchev–Trinajstić information content (AvgIpc) is 3.56. The number of carbonyl (C=O) groups excluding carboxylic acids is 2. The second-order valence-electron chi connectivity index (χ2n) is 17.1. The average molecular weight is 623 g/mol. The van der Waals surface area contributed by atoms with Gasteiger partial charge in [0, 0.05) is 18.5 Å². The van der Waals surface area contributed by atoms with Gasteiger partial charge in [-0.05, 0) is 130 Å². The summed E-state index contributed by atoms with van der Waals surface area (Å²) in [6.07, 6.45) is 11.9. The van der Waals surface area contributed by atoms with Crippen molar-refractivity contribution in [2.45, 2.75) is 142 Å². The van der Waals surface area contributed by atoms with Gasteiger partial charge in [0.05, 0.1) is 30.0 Å². The third kappa shape index (κ3) is 4.86. The van der Waals surface area contributed by atoms with Crippen molar-refractivity contribution in [1.29, 1.82) is 0 Å². The van der Waals surface area contributed by atoms with Crippen molar-refractivity contribution in [3.63, 3.8) is 0 Å². The van der Waals surface area contributed by atoms with E-state index in [2.05, 4.69) is 31.1 Å². The van der Waals surface area contributed by atoms with E-state index in [1.807, 2.05) is 18.2 Å². The number of aliphatic hydroxyl groups is 1. The molecule has 1 saturated heterocycles. The van der Waals surface area contributed by atoms with Crippen molar-refractivity contribution >= 4 is 12.1 Å². The fourth-order valence-electron chi connectivity index (χ4n) is 12.4. The minimum atomic E-state index is -1.16. The third-order valence-corrected chi connectivity index (χ3v) is 14.3. The molecule has 8 nitrogen and oxygen atoms in total. The maximum atomic E-state index is 12.9. The molecule has 2 heterocycles. The number of amides is 1. The summed E-state index contributed by atoms with van der Waals surface area (Å²) in [5.74, 6) is 2.07. The Labute approximate surface area is 268 Å². The summed E-state index contributed by atoms with van der Waals surface area (Å²) < 4.78 is 18.6. The van der Waals surface area contributed by atoms with Gasteiger partial charge in [0.2, 0.25) is 0 Å². The van der Waals surface area contributed by atoms with Gasteiger partial charge in [-0.25, -0.2) is 4.79 Å². The first-order chi connectivity index (χ1) is 21.2. The Kier molecular flexibility index (Phi) is 7.44. The van der Waals surface area contributed by atoms with Gasteiger partial charge in [0.25, 0.3) is 0 Å². The molecule has 5 aliphatic carbocycles. The van der Waals surface area contributed by atoms with Crippen LogP contribution in [-0.4, -0.2) is 52.2 Å². The van der Waals surface area contributed by atoms with E-state index < -0.39 is 11.7 Å². The normalized spacial score (nSPS) is 43.3. The van der Waals surface area contributed by atoms with Crippen molar-refractivity contribution < 1.29 is 28.9 Å². The highest BCUT2D eigenvalue weighted by atomic mass is 16.6. The lowest BCUT2D eigenvalue weighted by molar-refractivity contribution is -0.200. The van der Waals surface area contributed by atoms with E-state index in [0.29, 0.717) is 41.0 Å². The van der Waals surface area contributed by atoms with Crippen LogP contribution in [0.2, 0.25) is 0 Å². The molecule has 2 N–H and O–H groups in total. The van der Waals surface area contributed by atoms with Crippen molar-refractivity contribution in [1.82, 2.24) is 10.3 Å². The number of aromatic nitrogens is 1. The quantitative estimate of drug-likeness (QED) is 0.345. The molecule has 1 aromatic rings. The van der Waals surface area contributed by atoms with Gasteiger partial charge in [-0.15, -0.1) is 0 Å². The lowest BCUT2D eigenvalue weighted by Crippen LogP contribution is -2.55. The maximum absolute atomic E-state index is 12.9. The van der Waals surface area contributed by atoms with Crippen LogP contribution in [0.4, 0.5) is 4.79 Å². The van der Waals surface area contributed by atoms with Crippen molar-refractivity contribution in [3.05, 3.63) is 30.1 Å². The molecule has 8 heteroatoms. The van der Waals surface area contributed by atoms with Gasteiger partial charge in [-0.2, -0.15) is 0 Å². The Morgan fingerprint density at radius 2 is 1.82 bits per heavy atom. The van der Waals surface area contributed by atoms with Gasteiger partial charge in [0.15, 0.2) is 6.10 Å². The highest BCUT2D eigenvalue weighted by molar-refractivity contribution is 5.67. The number of esters is 1. The molecule has 8 unspecified atom stereocenters. The van der Waals surface area contributed by atoms with E-state index >= 15 is 0 Å². The predicted octanol–water partition coefficient (Wildman–Crippen LogP) is 6.59. The fraction of sp³-hybridized carbons (Fsp3) is 0.811. The zero-order valence-electron chi connectivity index (χ0n) is 28.1. The summed E-state index contributed by atoms with van der Waals surface area (Å²) in [7, 11) is 0. The van der Waals surface area contributed by atoms with Gasteiger partial charge in [-0.3, -0.25) is 9.78 Å². The Balaban J connectivity index is 1.04. The lowest BCUT2D eigenvalue weighted by Gasteiger charge is -2.59. The standard InChI is InChI=1S/C37H54N2O6/c1-22(40)43-31(34(4,5)42)27-12-10-25-28(44-27)19-26-24-11-13-29-33(2,3)30(45-32(41)39-20-23-9-7-8-18-38-23)14-15-37(29)21-36(24,37)17-16-35(25,26)6/h7-9,18,24-31,42H,10-17,19-21H2,1-6H3,(H,39,41)/t24?,25?,26?,27?,28?,29?,30-,31-,35?,36-,37?/m0/s1. The molecule has 0 bridgehead atoms. The Hall–Kier alpha value is -2.19. The first-order valence-electron chi connectivity index (χ1n) is 17.6. The second kappa shape index (κ2) is 10.7. The zero-order chi connectivity index (χ0) is 32.0. The van der Waals surface area contributed by atoms with Crippen molar-refractivity contribution in [3.8, 4) is 0 Å². The molecule has 0 radical (unpaired) electrons. The number of nitrogens with zero attached hydrogens (tertiary/aromatic N) is 1. The van der Waals surface area contributed by atoms with Crippen molar-refractivity contribution in [2.24, 2.45) is 45.3 Å². The van der Waals surface area contributed by atoms with E-state index in [9.17, 15) is 14.7 Å². The van der Waals surface area contributed by atoms with E-state index in [-0.39, 0.29) is 41.2 Å². The first-order valence-corrected chi connectivity index (χ1v) is 17.6. The van der Waals surface area contributed by atoms with E-state index in [0.717, 1.165) is 37.8 Å². The van der Waals surface area contributed by atoms with E-state index in [1.54, 1.807) is 20.0 Å². The SMILES string of the molecule is CC(=O)O[C@@H](C1CCC2C(CC3C4CCC5C(C)(C)[C@@H](OC(=O)NCc6ccccn6)CCC56C[C@@]46CCC23C)O1)C(C)(C)O. The number of pyridine rings is 1. The summed E-state index contributed by atoms with van der Waals surface area (Å²) >= 11 is 0. The van der Waals surface area contributed by atoms with Crippen LogP contribution in [-0.2, 0) is 25.5 Å². The van der Waals surface area contributed by atoms with Gasteiger partial charge in [-0.1, -0.05) is 26.8 Å². The molecule has 11 atom stereocenters. The number of hydrogen-bond acceptors (Lipinski definition) is 7. The van der Waals surface area contributed by atoms with Crippen LogP contribution in [0.5, 0.6) is 0 Å². The number of alkyl carbamates (subject to hydrolysis) is 1. The van der Waals surface area contributed by atoms with Crippen LogP contribution in [0.1, 0.15) is 111 Å². The number of rotatable bonds is 6. The monoisotopic (exact) mass is 622 g/mol. The summed E-state index contributed by atoms with van der Waals surface area (Å²) in [5, 5.41) is 13.8. The molecule has 1 aromatic heterocycles. The summed E-state index contributed by atoms with van der Waals surface area (Å²) in [6.45, 7) is 12.5. The van der Waals surface area contributed by atoms with Crippen molar-refractivity contribution in [2.75, 3.05) is 0 Å². The van der Waals surface area contributed by atoms with Crippen LogP contribution in [0.25, 0.3) is 0 Å². The number of fused-ring (bicyclic) bond motifs is 4. The largest absolute Gasteiger partial charge is 0.457 e. The van der Waals surface area contributed by atoms with E-state index in [1.165, 1.54) is 39.0 Å². The topological polar surface area (TPSA) is 107 Å². The maximum Gasteiger partial charge on any atom is 0.407 e. The molecule has 1 amide bonds. The number of nitrogens with one attached hydrogen (secondary N) is 1. The Bertz CT molecular complexity index is 1310. The van der Waals surface area contributed by atoms with Gasteiger partial charge >= 0.3 is 12.1 Å². The molecule has 0 aromatic carbocycles. The molecule has 6 aliphatic rings. The zero-order valence-corrected chi connectivity index (χ0v) is 28.1. The third-order valence-electron chi connectivity index (χ3n) is 14.3. The van der Waals surface area contributed by atoms with Crippen LogP contribution < -0.4 is 5.32 Å². The lowest BCUT2D eigenvalue weighted by atomic mass is 9.46. The molecule has 6 fully saturated rings. The number of ether oxygens (including phenoxy) is 3. The summed E-state index contributed by atoms with van der Waals surface area (Å²) in [4.78, 5) is 29.1. The van der Waals surface area contributed by atoms with Gasteiger partial charge in [0.1, 0.15) is 6.10 Å². The van der Waals surface area contributed by atoms with Crippen LogP contribution in [0.15, 0.2) is 24.4 Å². The molecule has 5 saturated carbocycles.